The highest BCUT2D eigenvalue weighted by Crippen LogP contribution is 2.46. The topological polar surface area (TPSA) is 124 Å². The number of carbonyl (C=O) groups is 1. The number of carbonyl (C=O) groups excluding carboxylic acids is 1. The van der Waals surface area contributed by atoms with Crippen LogP contribution in [0, 0.1) is 23.5 Å². The number of hydrogen-bond donors (Lipinski definition) is 1. The monoisotopic (exact) mass is 710 g/mol. The zero-order valence-corrected chi connectivity index (χ0v) is 27.6. The highest BCUT2D eigenvalue weighted by molar-refractivity contribution is 5.52. The van der Waals surface area contributed by atoms with E-state index in [2.05, 4.69) is 42.2 Å². The summed E-state index contributed by atoms with van der Waals surface area (Å²) < 4.78 is 68.5. The number of aliphatic hydroxyl groups is 1. The third kappa shape index (κ3) is 8.04. The molecule has 0 aliphatic heterocycles. The van der Waals surface area contributed by atoms with Crippen molar-refractivity contribution < 1.29 is 32.2 Å². The van der Waals surface area contributed by atoms with Gasteiger partial charge in [0, 0.05) is 47.9 Å². The van der Waals surface area contributed by atoms with Crippen LogP contribution in [-0.4, -0.2) is 58.2 Å². The minimum Gasteiger partial charge on any atom is -0.489 e. The second kappa shape index (κ2) is 15.3. The molecule has 52 heavy (non-hydrogen) atoms. The minimum absolute atomic E-state index is 0.304. The fourth-order valence-electron chi connectivity index (χ4n) is 5.39. The molecule has 0 aliphatic carbocycles. The van der Waals surface area contributed by atoms with Crippen LogP contribution in [0.4, 0.5) is 17.6 Å². The average Bonchev–Trinajstić information content (AvgIpc) is 3.82. The Morgan fingerprint density at radius 3 is 2.33 bits per heavy atom. The number of benzene rings is 3. The van der Waals surface area contributed by atoms with Gasteiger partial charge in [0.25, 0.3) is 0 Å². The van der Waals surface area contributed by atoms with E-state index in [9.17, 15) is 18.7 Å². The van der Waals surface area contributed by atoms with Gasteiger partial charge >= 0.3 is 5.92 Å². The third-order valence-corrected chi connectivity index (χ3v) is 8.12. The number of imidazole rings is 1. The SMILES string of the molecule is CN(Cc1ccc(COc2ccc(C#Cc3ccc(C(F)(F)C(O)(Cn4cnnn4)c4ccc(F)cc4F)nc3)cc2)cc1)Cc1nccn1C=O. The molecule has 1 N–H and O–H groups in total. The molecule has 15 heteroatoms. The lowest BCUT2D eigenvalue weighted by molar-refractivity contribution is -0.207. The van der Waals surface area contributed by atoms with Gasteiger partial charge in [0.05, 0.1) is 13.1 Å². The molecule has 0 amide bonds. The van der Waals surface area contributed by atoms with Crippen LogP contribution in [0.2, 0.25) is 0 Å². The first-order chi connectivity index (χ1) is 25.0. The van der Waals surface area contributed by atoms with Crippen LogP contribution >= 0.6 is 0 Å². The molecule has 0 radical (unpaired) electrons. The Kier molecular flexibility index (Phi) is 10.5. The summed E-state index contributed by atoms with van der Waals surface area (Å²) in [6.07, 6.45) is 6.03. The van der Waals surface area contributed by atoms with Crippen LogP contribution in [0.25, 0.3) is 0 Å². The second-order valence-electron chi connectivity index (χ2n) is 11.9. The average molecular weight is 711 g/mol. The van der Waals surface area contributed by atoms with Crippen LogP contribution in [-0.2, 0) is 42.6 Å². The summed E-state index contributed by atoms with van der Waals surface area (Å²) in [5.74, 6) is 0.542. The van der Waals surface area contributed by atoms with E-state index in [0.717, 1.165) is 52.9 Å². The predicted molar refractivity (Wildman–Crippen MR) is 179 cm³/mol. The summed E-state index contributed by atoms with van der Waals surface area (Å²) in [4.78, 5) is 21.2. The van der Waals surface area contributed by atoms with Crippen LogP contribution in [0.15, 0.2) is 104 Å². The van der Waals surface area contributed by atoms with Gasteiger partial charge in [-0.25, -0.2) is 18.4 Å². The van der Waals surface area contributed by atoms with Gasteiger partial charge in [-0.2, -0.15) is 8.78 Å². The van der Waals surface area contributed by atoms with Crippen LogP contribution in [0.3, 0.4) is 0 Å². The maximum Gasteiger partial charge on any atom is 0.323 e. The standard InChI is InChI=1S/C37H30F4N8O3/c1-47(21-35-42-16-17-48(35)25-50)20-28-4-6-29(7-5-28)22-52-31-12-8-26(9-13-31)2-3-27-10-15-34(43-19-27)37(40,41)36(51,23-49-24-44-45-46-49)32-14-11-30(38)18-33(32)39/h4-19,24-25,51H,20-23H2,1H3. The summed E-state index contributed by atoms with van der Waals surface area (Å²) in [7, 11) is 1.95. The fourth-order valence-corrected chi connectivity index (χ4v) is 5.39. The molecule has 0 spiro atoms. The Morgan fingerprint density at radius 1 is 0.923 bits per heavy atom. The Bertz CT molecular complexity index is 2180. The van der Waals surface area contributed by atoms with Crippen molar-refractivity contribution >= 4 is 6.41 Å². The summed E-state index contributed by atoms with van der Waals surface area (Å²) in [5, 5.41) is 21.6. The van der Waals surface area contributed by atoms with E-state index in [4.69, 9.17) is 4.74 Å². The Morgan fingerprint density at radius 2 is 1.65 bits per heavy atom. The lowest BCUT2D eigenvalue weighted by Crippen LogP contribution is -2.48. The minimum atomic E-state index is -4.18. The van der Waals surface area contributed by atoms with Crippen molar-refractivity contribution in [1.82, 2.24) is 39.6 Å². The molecule has 0 bridgehead atoms. The maximum absolute atomic E-state index is 16.0. The van der Waals surface area contributed by atoms with Gasteiger partial charge in [-0.1, -0.05) is 36.1 Å². The fraction of sp³-hybridized carbons (Fsp3) is 0.189. The van der Waals surface area contributed by atoms with Gasteiger partial charge in [-0.15, -0.1) is 5.10 Å². The number of tetrazole rings is 1. The number of pyridine rings is 1. The van der Waals surface area contributed by atoms with Crippen LogP contribution < -0.4 is 4.74 Å². The van der Waals surface area contributed by atoms with Crippen molar-refractivity contribution in [3.8, 4) is 17.6 Å². The quantitative estimate of drug-likeness (QED) is 0.102. The number of alkyl halides is 2. The number of rotatable bonds is 13. The summed E-state index contributed by atoms with van der Waals surface area (Å²) >= 11 is 0. The zero-order chi connectivity index (χ0) is 36.7. The van der Waals surface area contributed by atoms with E-state index in [-0.39, 0.29) is 0 Å². The lowest BCUT2D eigenvalue weighted by atomic mass is 9.84. The van der Waals surface area contributed by atoms with Crippen molar-refractivity contribution in [3.05, 3.63) is 155 Å². The molecule has 3 heterocycles. The van der Waals surface area contributed by atoms with Gasteiger partial charge in [-0.3, -0.25) is 19.2 Å². The number of nitrogens with zero attached hydrogens (tertiary/aromatic N) is 8. The molecule has 0 saturated carbocycles. The normalized spacial score (nSPS) is 12.6. The number of aromatic nitrogens is 7. The molecule has 1 atom stereocenters. The van der Waals surface area contributed by atoms with E-state index in [1.807, 2.05) is 31.3 Å². The molecule has 0 saturated heterocycles. The van der Waals surface area contributed by atoms with Gasteiger partial charge < -0.3 is 9.84 Å². The number of ether oxygens (including phenoxy) is 1. The molecule has 11 nitrogen and oxygen atoms in total. The van der Waals surface area contributed by atoms with Crippen molar-refractivity contribution in [2.24, 2.45) is 0 Å². The summed E-state index contributed by atoms with van der Waals surface area (Å²) in [5.41, 5.74) is -1.96. The first-order valence-electron chi connectivity index (χ1n) is 15.8. The second-order valence-corrected chi connectivity index (χ2v) is 11.9. The van der Waals surface area contributed by atoms with Crippen molar-refractivity contribution in [1.29, 1.82) is 0 Å². The first kappa shape index (κ1) is 35.6. The molecule has 264 valence electrons. The van der Waals surface area contributed by atoms with Crippen LogP contribution in [0.1, 0.15) is 39.3 Å². The molecule has 0 fully saturated rings. The number of halogens is 4. The maximum atomic E-state index is 16.0. The molecular weight excluding hydrogens is 680 g/mol. The van der Waals surface area contributed by atoms with Crippen molar-refractivity contribution in [3.63, 3.8) is 0 Å². The van der Waals surface area contributed by atoms with Crippen molar-refractivity contribution in [2.45, 2.75) is 37.8 Å². The van der Waals surface area contributed by atoms with Gasteiger partial charge in [0.1, 0.15) is 41.8 Å². The van der Waals surface area contributed by atoms with Gasteiger partial charge in [0.15, 0.2) is 5.60 Å². The highest BCUT2D eigenvalue weighted by Gasteiger charge is 2.58. The van der Waals surface area contributed by atoms with E-state index in [0.29, 0.717) is 48.5 Å². The third-order valence-electron chi connectivity index (χ3n) is 8.12. The highest BCUT2D eigenvalue weighted by atomic mass is 19.3. The molecular formula is C37H30F4N8O3. The van der Waals surface area contributed by atoms with E-state index >= 15 is 8.78 Å². The molecule has 0 aliphatic rings. The largest absolute Gasteiger partial charge is 0.489 e. The zero-order valence-electron chi connectivity index (χ0n) is 27.6. The molecule has 3 aromatic carbocycles. The van der Waals surface area contributed by atoms with E-state index in [1.54, 1.807) is 36.7 Å². The molecule has 3 aromatic heterocycles. The lowest BCUT2D eigenvalue weighted by Gasteiger charge is -2.35. The molecule has 1 unspecified atom stereocenters. The Balaban J connectivity index is 1.06. The van der Waals surface area contributed by atoms with E-state index < -0.39 is 41.0 Å². The van der Waals surface area contributed by atoms with E-state index in [1.165, 1.54) is 10.6 Å². The van der Waals surface area contributed by atoms with Gasteiger partial charge in [-0.05, 0) is 77.1 Å². The molecule has 6 rings (SSSR count). The molecule has 6 aromatic rings. The summed E-state index contributed by atoms with van der Waals surface area (Å²) in [6.45, 7) is 0.590. The number of hydrogen-bond acceptors (Lipinski definition) is 9. The Hall–Kier alpha value is -6.24. The predicted octanol–water partition coefficient (Wildman–Crippen LogP) is 4.87. The van der Waals surface area contributed by atoms with Gasteiger partial charge in [0.2, 0.25) is 6.41 Å². The summed E-state index contributed by atoms with van der Waals surface area (Å²) in [6, 6.07) is 19.2. The van der Waals surface area contributed by atoms with Crippen LogP contribution in [0.5, 0.6) is 5.75 Å². The smallest absolute Gasteiger partial charge is 0.323 e. The Labute approximate surface area is 295 Å². The first-order valence-corrected chi connectivity index (χ1v) is 15.8. The van der Waals surface area contributed by atoms with Crippen molar-refractivity contribution in [2.75, 3.05) is 7.05 Å².